The van der Waals surface area contributed by atoms with Crippen LogP contribution < -0.4 is 11.3 Å². The molecule has 0 saturated heterocycles. The molecule has 0 amide bonds. The number of nitrogens with zero attached hydrogens (tertiary/aromatic N) is 2. The summed E-state index contributed by atoms with van der Waals surface area (Å²) in [4.78, 5) is 0. The van der Waals surface area contributed by atoms with Gasteiger partial charge in [0.15, 0.2) is 5.22 Å². The minimum atomic E-state index is -0.0734. The van der Waals surface area contributed by atoms with Gasteiger partial charge in [-0.3, -0.25) is 16.0 Å². The number of hydrazine groups is 1. The van der Waals surface area contributed by atoms with Crippen LogP contribution in [-0.4, -0.2) is 9.78 Å². The monoisotopic (exact) mass is 254 g/mol. The zero-order valence-electron chi connectivity index (χ0n) is 9.56. The third-order valence-electron chi connectivity index (χ3n) is 2.67. The van der Waals surface area contributed by atoms with Crippen LogP contribution in [0.15, 0.2) is 29.1 Å². The van der Waals surface area contributed by atoms with Crippen molar-refractivity contribution in [1.82, 2.24) is 15.2 Å². The molecule has 2 aromatic heterocycles. The molecular weight excluding hydrogens is 240 g/mol. The van der Waals surface area contributed by atoms with Crippen molar-refractivity contribution in [3.8, 4) is 0 Å². The molecule has 0 saturated carbocycles. The Bertz CT molecular complexity index is 479. The van der Waals surface area contributed by atoms with Crippen LogP contribution in [0.5, 0.6) is 0 Å². The molecule has 3 N–H and O–H groups in total. The van der Waals surface area contributed by atoms with Crippen LogP contribution in [0, 0.1) is 0 Å². The maximum Gasteiger partial charge on any atom is 0.197 e. The SMILES string of the molecule is CCn1cc(CC(NN)c2ccoc2Cl)cn1. The van der Waals surface area contributed by atoms with E-state index in [2.05, 4.69) is 10.5 Å². The summed E-state index contributed by atoms with van der Waals surface area (Å²) >= 11 is 5.93. The number of furan rings is 1. The van der Waals surface area contributed by atoms with Gasteiger partial charge in [-0.15, -0.1) is 0 Å². The zero-order valence-corrected chi connectivity index (χ0v) is 10.3. The predicted octanol–water partition coefficient (Wildman–Crippen LogP) is 1.90. The van der Waals surface area contributed by atoms with Gasteiger partial charge in [-0.1, -0.05) is 0 Å². The van der Waals surface area contributed by atoms with Gasteiger partial charge >= 0.3 is 0 Å². The highest BCUT2D eigenvalue weighted by molar-refractivity contribution is 6.29. The molecule has 1 atom stereocenters. The molecule has 17 heavy (non-hydrogen) atoms. The summed E-state index contributed by atoms with van der Waals surface area (Å²) in [6.45, 7) is 2.90. The lowest BCUT2D eigenvalue weighted by Crippen LogP contribution is -2.29. The summed E-state index contributed by atoms with van der Waals surface area (Å²) in [5.41, 5.74) is 4.70. The number of hydrogen-bond acceptors (Lipinski definition) is 4. The standard InChI is InChI=1S/C11H15ClN4O/c1-2-16-7-8(6-14-16)5-10(15-13)9-3-4-17-11(9)12/h3-4,6-7,10,15H,2,5,13H2,1H3. The third-order valence-corrected chi connectivity index (χ3v) is 2.98. The topological polar surface area (TPSA) is 69.0 Å². The maximum absolute atomic E-state index is 5.93. The molecule has 0 spiro atoms. The Balaban J connectivity index is 2.12. The molecule has 0 aromatic carbocycles. The van der Waals surface area contributed by atoms with Crippen LogP contribution in [0.1, 0.15) is 24.1 Å². The molecule has 2 heterocycles. The van der Waals surface area contributed by atoms with Gasteiger partial charge in [-0.05, 0) is 36.6 Å². The molecule has 0 aliphatic carbocycles. The Kier molecular flexibility index (Phi) is 3.83. The Morgan fingerprint density at radius 2 is 2.47 bits per heavy atom. The van der Waals surface area contributed by atoms with E-state index in [9.17, 15) is 0 Å². The van der Waals surface area contributed by atoms with Crippen LogP contribution in [0.2, 0.25) is 5.22 Å². The molecular formula is C11H15ClN4O. The summed E-state index contributed by atoms with van der Waals surface area (Å²) in [6, 6.07) is 1.74. The number of aromatic nitrogens is 2. The van der Waals surface area contributed by atoms with Gasteiger partial charge in [0.05, 0.1) is 18.5 Å². The van der Waals surface area contributed by atoms with Crippen molar-refractivity contribution >= 4 is 11.6 Å². The van der Waals surface area contributed by atoms with Crippen molar-refractivity contribution in [2.45, 2.75) is 25.9 Å². The highest BCUT2D eigenvalue weighted by Crippen LogP contribution is 2.26. The van der Waals surface area contributed by atoms with E-state index in [-0.39, 0.29) is 6.04 Å². The van der Waals surface area contributed by atoms with Gasteiger partial charge < -0.3 is 4.42 Å². The summed E-state index contributed by atoms with van der Waals surface area (Å²) in [7, 11) is 0. The Hall–Kier alpha value is -1.30. The lowest BCUT2D eigenvalue weighted by Gasteiger charge is -2.13. The first-order valence-corrected chi connectivity index (χ1v) is 5.82. The second-order valence-corrected chi connectivity index (χ2v) is 4.12. The summed E-state index contributed by atoms with van der Waals surface area (Å²) in [5.74, 6) is 5.54. The number of nitrogens with one attached hydrogen (secondary N) is 1. The lowest BCUT2D eigenvalue weighted by atomic mass is 10.0. The number of halogens is 1. The van der Waals surface area contributed by atoms with E-state index in [0.717, 1.165) is 24.1 Å². The van der Waals surface area contributed by atoms with E-state index in [1.807, 2.05) is 30.1 Å². The molecule has 6 heteroatoms. The van der Waals surface area contributed by atoms with E-state index in [1.54, 1.807) is 6.26 Å². The molecule has 1 unspecified atom stereocenters. The van der Waals surface area contributed by atoms with Gasteiger partial charge in [-0.2, -0.15) is 5.10 Å². The number of rotatable bonds is 5. The second-order valence-electron chi connectivity index (χ2n) is 3.78. The van der Waals surface area contributed by atoms with Crippen molar-refractivity contribution in [3.05, 3.63) is 41.1 Å². The average molecular weight is 255 g/mol. The van der Waals surface area contributed by atoms with Crippen molar-refractivity contribution in [2.75, 3.05) is 0 Å². The minimum absolute atomic E-state index is 0.0734. The van der Waals surface area contributed by atoms with Crippen molar-refractivity contribution < 1.29 is 4.42 Å². The highest BCUT2D eigenvalue weighted by atomic mass is 35.5. The Labute approximate surface area is 105 Å². The van der Waals surface area contributed by atoms with Crippen molar-refractivity contribution in [1.29, 1.82) is 0 Å². The average Bonchev–Trinajstić information content (AvgIpc) is 2.95. The molecule has 5 nitrogen and oxygen atoms in total. The fourth-order valence-electron chi connectivity index (χ4n) is 1.73. The van der Waals surface area contributed by atoms with E-state index in [0.29, 0.717) is 5.22 Å². The molecule has 2 rings (SSSR count). The largest absolute Gasteiger partial charge is 0.453 e. The first-order chi connectivity index (χ1) is 8.24. The third kappa shape index (κ3) is 2.69. The van der Waals surface area contributed by atoms with E-state index >= 15 is 0 Å². The van der Waals surface area contributed by atoms with E-state index in [1.165, 1.54) is 0 Å². The normalized spacial score (nSPS) is 12.9. The number of hydrogen-bond donors (Lipinski definition) is 2. The van der Waals surface area contributed by atoms with E-state index < -0.39 is 0 Å². The van der Waals surface area contributed by atoms with Crippen LogP contribution >= 0.6 is 11.6 Å². The molecule has 0 aliphatic rings. The summed E-state index contributed by atoms with van der Waals surface area (Å²) in [6.07, 6.45) is 6.10. The summed E-state index contributed by atoms with van der Waals surface area (Å²) < 4.78 is 6.94. The quantitative estimate of drug-likeness (QED) is 0.632. The summed E-state index contributed by atoms with van der Waals surface area (Å²) in [5, 5.41) is 4.59. The molecule has 0 aliphatic heterocycles. The molecule has 0 fully saturated rings. The zero-order chi connectivity index (χ0) is 12.3. The van der Waals surface area contributed by atoms with Gasteiger partial charge in [0.25, 0.3) is 0 Å². The second kappa shape index (κ2) is 5.35. The molecule has 92 valence electrons. The van der Waals surface area contributed by atoms with Gasteiger partial charge in [-0.25, -0.2) is 0 Å². The predicted molar refractivity (Wildman–Crippen MR) is 65.4 cm³/mol. The first-order valence-electron chi connectivity index (χ1n) is 5.45. The van der Waals surface area contributed by atoms with Gasteiger partial charge in [0.2, 0.25) is 0 Å². The van der Waals surface area contributed by atoms with Crippen LogP contribution in [0.4, 0.5) is 0 Å². The molecule has 0 bridgehead atoms. The first kappa shape index (κ1) is 12.2. The van der Waals surface area contributed by atoms with Gasteiger partial charge in [0.1, 0.15) is 0 Å². The van der Waals surface area contributed by atoms with Crippen LogP contribution in [-0.2, 0) is 13.0 Å². The maximum atomic E-state index is 5.93. The number of nitrogens with two attached hydrogens (primary N) is 1. The van der Waals surface area contributed by atoms with Crippen LogP contribution in [0.3, 0.4) is 0 Å². The number of aryl methyl sites for hydroxylation is 1. The van der Waals surface area contributed by atoms with Gasteiger partial charge in [0, 0.05) is 18.3 Å². The van der Waals surface area contributed by atoms with Crippen LogP contribution in [0.25, 0.3) is 0 Å². The van der Waals surface area contributed by atoms with Crippen molar-refractivity contribution in [2.24, 2.45) is 5.84 Å². The minimum Gasteiger partial charge on any atom is -0.453 e. The van der Waals surface area contributed by atoms with Crippen molar-refractivity contribution in [3.63, 3.8) is 0 Å². The fourth-order valence-corrected chi connectivity index (χ4v) is 1.98. The highest BCUT2D eigenvalue weighted by Gasteiger charge is 2.16. The Morgan fingerprint density at radius 1 is 1.65 bits per heavy atom. The smallest absolute Gasteiger partial charge is 0.197 e. The molecule has 2 aromatic rings. The Morgan fingerprint density at radius 3 is 3.00 bits per heavy atom. The molecule has 0 radical (unpaired) electrons. The lowest BCUT2D eigenvalue weighted by molar-refractivity contribution is 0.526. The fraction of sp³-hybridized carbons (Fsp3) is 0.364. The van der Waals surface area contributed by atoms with E-state index in [4.69, 9.17) is 21.9 Å².